The third-order valence-electron chi connectivity index (χ3n) is 3.70. The van der Waals surface area contributed by atoms with E-state index in [0.29, 0.717) is 19.8 Å². The van der Waals surface area contributed by atoms with E-state index in [0.717, 1.165) is 34.7 Å². The fourth-order valence-corrected chi connectivity index (χ4v) is 2.44. The number of hydrogen-bond acceptors (Lipinski definition) is 3. The Morgan fingerprint density at radius 3 is 2.70 bits per heavy atom. The molecular weight excluding hydrogens is 292 g/mol. The molecule has 0 aromatic heterocycles. The topological polar surface area (TPSA) is 59.6 Å². The highest BCUT2D eigenvalue weighted by Crippen LogP contribution is 2.30. The predicted octanol–water partition coefficient (Wildman–Crippen LogP) is 3.13. The van der Waals surface area contributed by atoms with E-state index in [1.54, 1.807) is 0 Å². The minimum atomic E-state index is -0.197. The molecule has 1 heterocycles. The zero-order chi connectivity index (χ0) is 16.1. The lowest BCUT2D eigenvalue weighted by Crippen LogP contribution is -2.30. The molecule has 23 heavy (non-hydrogen) atoms. The molecule has 0 saturated carbocycles. The second-order valence-electron chi connectivity index (χ2n) is 5.42. The largest absolute Gasteiger partial charge is 0.486 e. The maximum absolute atomic E-state index is 11.9. The van der Waals surface area contributed by atoms with E-state index in [2.05, 4.69) is 10.6 Å². The molecule has 0 radical (unpaired) electrons. The number of fused-ring (bicyclic) bond motifs is 1. The van der Waals surface area contributed by atoms with Gasteiger partial charge in [0, 0.05) is 12.2 Å². The van der Waals surface area contributed by atoms with Crippen LogP contribution in [0.15, 0.2) is 42.5 Å². The maximum Gasteiger partial charge on any atom is 0.319 e. The van der Waals surface area contributed by atoms with E-state index in [-0.39, 0.29) is 6.03 Å². The fraction of sp³-hybridized carbons (Fsp3) is 0.278. The molecule has 3 rings (SSSR count). The molecule has 0 bridgehead atoms. The number of anilines is 1. The number of nitrogens with one attached hydrogen (secondary N) is 2. The first-order valence-corrected chi connectivity index (χ1v) is 7.71. The van der Waals surface area contributed by atoms with Crippen LogP contribution in [0, 0.1) is 6.92 Å². The normalized spacial score (nSPS) is 12.6. The second kappa shape index (κ2) is 7.05. The van der Waals surface area contributed by atoms with Gasteiger partial charge in [-0.1, -0.05) is 24.3 Å². The summed E-state index contributed by atoms with van der Waals surface area (Å²) in [5, 5.41) is 5.72. The second-order valence-corrected chi connectivity index (χ2v) is 5.42. The van der Waals surface area contributed by atoms with Crippen LogP contribution in [-0.4, -0.2) is 25.8 Å². The molecule has 0 spiro atoms. The van der Waals surface area contributed by atoms with Crippen molar-refractivity contribution in [2.75, 3.05) is 25.1 Å². The Balaban J connectivity index is 1.49. The highest BCUT2D eigenvalue weighted by atomic mass is 16.6. The van der Waals surface area contributed by atoms with Crippen molar-refractivity contribution in [3.8, 4) is 11.5 Å². The van der Waals surface area contributed by atoms with Crippen LogP contribution in [0.3, 0.4) is 0 Å². The lowest BCUT2D eigenvalue weighted by Gasteiger charge is -2.19. The lowest BCUT2D eigenvalue weighted by atomic mass is 10.1. The maximum atomic E-state index is 11.9. The van der Waals surface area contributed by atoms with Crippen LogP contribution in [-0.2, 0) is 6.42 Å². The summed E-state index contributed by atoms with van der Waals surface area (Å²) < 4.78 is 11.1. The van der Waals surface area contributed by atoms with Crippen molar-refractivity contribution >= 4 is 11.7 Å². The van der Waals surface area contributed by atoms with Gasteiger partial charge >= 0.3 is 6.03 Å². The molecule has 1 aliphatic rings. The Hall–Kier alpha value is -2.69. The highest BCUT2D eigenvalue weighted by Gasteiger charge is 2.11. The lowest BCUT2D eigenvalue weighted by molar-refractivity contribution is 0.171. The summed E-state index contributed by atoms with van der Waals surface area (Å²) in [4.78, 5) is 11.9. The number of carbonyl (C=O) groups is 1. The van der Waals surface area contributed by atoms with Gasteiger partial charge in [0.25, 0.3) is 0 Å². The first-order valence-electron chi connectivity index (χ1n) is 7.71. The van der Waals surface area contributed by atoms with Gasteiger partial charge in [0.05, 0.1) is 0 Å². The number of amides is 2. The molecule has 5 heteroatoms. The summed E-state index contributed by atoms with van der Waals surface area (Å²) in [6.45, 7) is 3.68. The fourth-order valence-electron chi connectivity index (χ4n) is 2.44. The molecule has 1 aliphatic heterocycles. The van der Waals surface area contributed by atoms with Crippen LogP contribution in [0.2, 0.25) is 0 Å². The summed E-state index contributed by atoms with van der Waals surface area (Å²) >= 11 is 0. The zero-order valence-corrected chi connectivity index (χ0v) is 13.1. The highest BCUT2D eigenvalue weighted by molar-refractivity contribution is 5.89. The van der Waals surface area contributed by atoms with Crippen molar-refractivity contribution in [2.45, 2.75) is 13.3 Å². The quantitative estimate of drug-likeness (QED) is 0.912. The van der Waals surface area contributed by atoms with Crippen molar-refractivity contribution in [1.82, 2.24) is 5.32 Å². The number of aryl methyl sites for hydroxylation is 1. The van der Waals surface area contributed by atoms with Gasteiger partial charge in [0.1, 0.15) is 13.2 Å². The number of para-hydroxylation sites is 1. The van der Waals surface area contributed by atoms with Gasteiger partial charge in [0.2, 0.25) is 0 Å². The van der Waals surface area contributed by atoms with Crippen LogP contribution in [0.4, 0.5) is 10.5 Å². The van der Waals surface area contributed by atoms with Gasteiger partial charge in [-0.15, -0.1) is 0 Å². The van der Waals surface area contributed by atoms with Gasteiger partial charge in [-0.3, -0.25) is 0 Å². The van der Waals surface area contributed by atoms with Crippen LogP contribution in [0.25, 0.3) is 0 Å². The summed E-state index contributed by atoms with van der Waals surface area (Å²) in [5.74, 6) is 1.56. The minimum Gasteiger partial charge on any atom is -0.486 e. The summed E-state index contributed by atoms with van der Waals surface area (Å²) in [5.41, 5.74) is 2.96. The summed E-state index contributed by atoms with van der Waals surface area (Å²) in [6.07, 6.45) is 0.734. The van der Waals surface area contributed by atoms with Crippen LogP contribution in [0.1, 0.15) is 11.1 Å². The molecule has 0 saturated heterocycles. The van der Waals surface area contributed by atoms with E-state index >= 15 is 0 Å². The molecule has 2 aromatic rings. The Morgan fingerprint density at radius 2 is 1.87 bits per heavy atom. The van der Waals surface area contributed by atoms with E-state index < -0.39 is 0 Å². The predicted molar refractivity (Wildman–Crippen MR) is 89.3 cm³/mol. The van der Waals surface area contributed by atoms with Gasteiger partial charge in [-0.2, -0.15) is 0 Å². The van der Waals surface area contributed by atoms with Crippen molar-refractivity contribution in [1.29, 1.82) is 0 Å². The van der Waals surface area contributed by atoms with E-state index in [4.69, 9.17) is 9.47 Å². The number of hydrogen-bond donors (Lipinski definition) is 2. The van der Waals surface area contributed by atoms with E-state index in [9.17, 15) is 4.79 Å². The summed E-state index contributed by atoms with van der Waals surface area (Å²) in [6, 6.07) is 13.4. The SMILES string of the molecule is Cc1ccccc1NC(=O)NCCc1ccc2c(c1)OCCO2. The first-order chi connectivity index (χ1) is 11.2. The minimum absolute atomic E-state index is 0.197. The van der Waals surface area contributed by atoms with Crippen LogP contribution < -0.4 is 20.1 Å². The van der Waals surface area contributed by atoms with Gasteiger partial charge in [0.15, 0.2) is 11.5 Å². The zero-order valence-electron chi connectivity index (χ0n) is 13.1. The van der Waals surface area contributed by atoms with E-state index in [1.807, 2.05) is 49.4 Å². The van der Waals surface area contributed by atoms with Gasteiger partial charge in [-0.05, 0) is 42.7 Å². The molecule has 2 N–H and O–H groups in total. The molecule has 2 aromatic carbocycles. The molecule has 2 amide bonds. The Morgan fingerprint density at radius 1 is 1.09 bits per heavy atom. The number of ether oxygens (including phenoxy) is 2. The number of rotatable bonds is 4. The van der Waals surface area contributed by atoms with Gasteiger partial charge in [-0.25, -0.2) is 4.79 Å². The molecule has 0 atom stereocenters. The van der Waals surface area contributed by atoms with Crippen molar-refractivity contribution in [3.05, 3.63) is 53.6 Å². The summed E-state index contributed by atoms with van der Waals surface area (Å²) in [7, 11) is 0. The molecule has 0 fully saturated rings. The van der Waals surface area contributed by atoms with Crippen molar-refractivity contribution in [2.24, 2.45) is 0 Å². The van der Waals surface area contributed by atoms with E-state index in [1.165, 1.54) is 0 Å². The Kier molecular flexibility index (Phi) is 4.66. The molecular formula is C18H20N2O3. The molecule has 5 nitrogen and oxygen atoms in total. The molecule has 120 valence electrons. The van der Waals surface area contributed by atoms with Crippen LogP contribution >= 0.6 is 0 Å². The first kappa shape index (κ1) is 15.2. The number of carbonyl (C=O) groups excluding carboxylic acids is 1. The van der Waals surface area contributed by atoms with Crippen molar-refractivity contribution < 1.29 is 14.3 Å². The van der Waals surface area contributed by atoms with Crippen molar-refractivity contribution in [3.63, 3.8) is 0 Å². The molecule has 0 aliphatic carbocycles. The monoisotopic (exact) mass is 312 g/mol. The number of urea groups is 1. The molecule has 0 unspecified atom stereocenters. The van der Waals surface area contributed by atoms with Crippen LogP contribution in [0.5, 0.6) is 11.5 Å². The number of benzene rings is 2. The Bertz CT molecular complexity index is 700. The Labute approximate surface area is 135 Å². The third-order valence-corrected chi connectivity index (χ3v) is 3.70. The average Bonchev–Trinajstić information content (AvgIpc) is 2.57. The smallest absolute Gasteiger partial charge is 0.319 e. The average molecular weight is 312 g/mol. The van der Waals surface area contributed by atoms with Gasteiger partial charge < -0.3 is 20.1 Å². The third kappa shape index (κ3) is 3.94. The standard InChI is InChI=1S/C18H20N2O3/c1-13-4-2-3-5-15(13)20-18(21)19-9-8-14-6-7-16-17(12-14)23-11-10-22-16/h2-7,12H,8-11H2,1H3,(H2,19,20,21).